The summed E-state index contributed by atoms with van der Waals surface area (Å²) in [6.07, 6.45) is 3.32. The van der Waals surface area contributed by atoms with E-state index in [0.717, 1.165) is 9.92 Å². The first-order chi connectivity index (χ1) is 11.8. The highest BCUT2D eigenvalue weighted by atomic mass is 32.2. The summed E-state index contributed by atoms with van der Waals surface area (Å²) in [5.41, 5.74) is 0.967. The minimum atomic E-state index is -0.888. The van der Waals surface area contributed by atoms with Gasteiger partial charge in [0.05, 0.1) is 11.8 Å². The van der Waals surface area contributed by atoms with Crippen LogP contribution in [0.25, 0.3) is 0 Å². The van der Waals surface area contributed by atoms with Gasteiger partial charge >= 0.3 is 0 Å². The molecule has 1 aromatic carbocycles. The summed E-state index contributed by atoms with van der Waals surface area (Å²) in [6.45, 7) is 0. The number of carbonyl (C=O) groups is 1. The van der Waals surface area contributed by atoms with E-state index >= 15 is 0 Å². The predicted octanol–water partition coefficient (Wildman–Crippen LogP) is 4.12. The number of benzene rings is 1. The molecule has 2 aromatic heterocycles. The second-order valence-corrected chi connectivity index (χ2v) is 6.07. The Hall–Kier alpha value is -2.97. The van der Waals surface area contributed by atoms with Crippen molar-refractivity contribution in [3.63, 3.8) is 0 Å². The molecule has 1 atom stereocenters. The number of carbonyl (C=O) groups excluding carboxylic acids is 1. The van der Waals surface area contributed by atoms with Gasteiger partial charge in [-0.05, 0) is 36.4 Å². The van der Waals surface area contributed by atoms with Gasteiger partial charge in [-0.1, -0.05) is 36.0 Å². The first-order valence-electron chi connectivity index (χ1n) is 7.31. The molecule has 0 bridgehead atoms. The minimum absolute atomic E-state index is 0.245. The lowest BCUT2D eigenvalue weighted by Crippen LogP contribution is -2.12. The van der Waals surface area contributed by atoms with Crippen LogP contribution in [0.15, 0.2) is 83.0 Å². The molecule has 0 N–H and O–H groups in total. The predicted molar refractivity (Wildman–Crippen MR) is 91.7 cm³/mol. The third-order valence-corrected chi connectivity index (χ3v) is 4.33. The number of Topliss-reactive ketones (excluding diaryl/α,β-unsaturated/α-hetero) is 1. The number of nitriles is 1. The maximum atomic E-state index is 12.6. The Morgan fingerprint density at radius 2 is 1.67 bits per heavy atom. The van der Waals surface area contributed by atoms with E-state index in [9.17, 15) is 10.1 Å². The number of aromatic nitrogens is 2. The Balaban J connectivity index is 1.77. The fourth-order valence-corrected chi connectivity index (χ4v) is 2.96. The topological polar surface area (TPSA) is 66.6 Å². The molecule has 4 nitrogen and oxygen atoms in total. The molecule has 1 unspecified atom stereocenters. The van der Waals surface area contributed by atoms with E-state index in [1.807, 2.05) is 36.4 Å². The standard InChI is InChI=1S/C19H13N3OS/c20-13-16(17-5-1-3-11-21-17)19(23)14-7-9-15(10-8-14)24-18-6-2-4-12-22-18/h1-12,16H. The molecular weight excluding hydrogens is 318 g/mol. The summed E-state index contributed by atoms with van der Waals surface area (Å²) in [6, 6.07) is 20.2. The molecule has 0 saturated heterocycles. The summed E-state index contributed by atoms with van der Waals surface area (Å²) in [4.78, 5) is 21.9. The van der Waals surface area contributed by atoms with E-state index in [4.69, 9.17) is 0 Å². The highest BCUT2D eigenvalue weighted by molar-refractivity contribution is 7.99. The largest absolute Gasteiger partial charge is 0.292 e. The van der Waals surface area contributed by atoms with Crippen LogP contribution in [0, 0.1) is 11.3 Å². The molecule has 5 heteroatoms. The summed E-state index contributed by atoms with van der Waals surface area (Å²) >= 11 is 1.52. The Bertz CT molecular complexity index is 859. The van der Waals surface area contributed by atoms with Gasteiger partial charge in [-0.15, -0.1) is 0 Å². The van der Waals surface area contributed by atoms with Gasteiger partial charge in [0.15, 0.2) is 11.7 Å². The fraction of sp³-hybridized carbons (Fsp3) is 0.0526. The Labute approximate surface area is 144 Å². The zero-order valence-electron chi connectivity index (χ0n) is 12.7. The number of hydrogen-bond acceptors (Lipinski definition) is 5. The number of rotatable bonds is 5. The Kier molecular flexibility index (Phi) is 4.99. The van der Waals surface area contributed by atoms with Gasteiger partial charge in [-0.2, -0.15) is 5.26 Å². The van der Waals surface area contributed by atoms with Crippen molar-refractivity contribution in [1.82, 2.24) is 9.97 Å². The van der Waals surface area contributed by atoms with Crippen LogP contribution in [0.3, 0.4) is 0 Å². The molecule has 0 saturated carbocycles. The summed E-state index contributed by atoms with van der Waals surface area (Å²) in [7, 11) is 0. The molecule has 0 aliphatic rings. The van der Waals surface area contributed by atoms with E-state index < -0.39 is 5.92 Å². The molecule has 0 aliphatic carbocycles. The van der Waals surface area contributed by atoms with Crippen LogP contribution in [0.1, 0.15) is 22.0 Å². The van der Waals surface area contributed by atoms with E-state index in [0.29, 0.717) is 11.3 Å². The van der Waals surface area contributed by atoms with Crippen LogP contribution in [0.4, 0.5) is 0 Å². The van der Waals surface area contributed by atoms with Gasteiger partial charge in [0.25, 0.3) is 0 Å². The van der Waals surface area contributed by atoms with E-state index in [2.05, 4.69) is 9.97 Å². The van der Waals surface area contributed by atoms with Crippen molar-refractivity contribution in [1.29, 1.82) is 5.26 Å². The van der Waals surface area contributed by atoms with Crippen molar-refractivity contribution in [2.24, 2.45) is 0 Å². The molecule has 0 spiro atoms. The molecule has 0 amide bonds. The summed E-state index contributed by atoms with van der Waals surface area (Å²) < 4.78 is 0. The van der Waals surface area contributed by atoms with Crippen LogP contribution in [-0.2, 0) is 0 Å². The van der Waals surface area contributed by atoms with Crippen molar-refractivity contribution in [2.45, 2.75) is 15.8 Å². The average molecular weight is 331 g/mol. The molecular formula is C19H13N3OS. The maximum absolute atomic E-state index is 12.6. The van der Waals surface area contributed by atoms with E-state index in [1.54, 1.807) is 42.7 Å². The van der Waals surface area contributed by atoms with E-state index in [-0.39, 0.29) is 5.78 Å². The van der Waals surface area contributed by atoms with Crippen LogP contribution in [-0.4, -0.2) is 15.8 Å². The second-order valence-electron chi connectivity index (χ2n) is 4.98. The van der Waals surface area contributed by atoms with Crippen molar-refractivity contribution < 1.29 is 4.79 Å². The van der Waals surface area contributed by atoms with Crippen molar-refractivity contribution in [3.8, 4) is 6.07 Å². The molecule has 0 aliphatic heterocycles. The number of ketones is 1. The SMILES string of the molecule is N#CC(C(=O)c1ccc(Sc2ccccn2)cc1)c1ccccn1. The summed E-state index contributed by atoms with van der Waals surface area (Å²) in [5.74, 6) is -1.13. The number of hydrogen-bond donors (Lipinski definition) is 0. The van der Waals surface area contributed by atoms with Crippen molar-refractivity contribution >= 4 is 17.5 Å². The van der Waals surface area contributed by atoms with Gasteiger partial charge in [0.1, 0.15) is 5.03 Å². The maximum Gasteiger partial charge on any atom is 0.186 e. The molecule has 3 aromatic rings. The molecule has 24 heavy (non-hydrogen) atoms. The zero-order valence-corrected chi connectivity index (χ0v) is 13.5. The van der Waals surface area contributed by atoms with Gasteiger partial charge in [-0.3, -0.25) is 9.78 Å². The third kappa shape index (κ3) is 3.67. The highest BCUT2D eigenvalue weighted by Gasteiger charge is 2.22. The normalized spacial score (nSPS) is 11.5. The molecule has 2 heterocycles. The monoisotopic (exact) mass is 331 g/mol. The van der Waals surface area contributed by atoms with Gasteiger partial charge < -0.3 is 0 Å². The molecule has 0 radical (unpaired) electrons. The minimum Gasteiger partial charge on any atom is -0.292 e. The molecule has 116 valence electrons. The van der Waals surface area contributed by atoms with E-state index in [1.165, 1.54) is 11.8 Å². The second kappa shape index (κ2) is 7.53. The van der Waals surface area contributed by atoms with Crippen LogP contribution in [0.5, 0.6) is 0 Å². The Morgan fingerprint density at radius 1 is 0.958 bits per heavy atom. The van der Waals surface area contributed by atoms with Crippen LogP contribution >= 0.6 is 11.8 Å². The first-order valence-corrected chi connectivity index (χ1v) is 8.13. The van der Waals surface area contributed by atoms with Crippen LogP contribution < -0.4 is 0 Å². The number of pyridine rings is 2. The lowest BCUT2D eigenvalue weighted by atomic mass is 9.95. The first kappa shape index (κ1) is 15.9. The highest BCUT2D eigenvalue weighted by Crippen LogP contribution is 2.27. The van der Waals surface area contributed by atoms with Gasteiger partial charge in [-0.25, -0.2) is 4.98 Å². The lowest BCUT2D eigenvalue weighted by Gasteiger charge is -2.08. The smallest absolute Gasteiger partial charge is 0.186 e. The fourth-order valence-electron chi connectivity index (χ4n) is 2.19. The Morgan fingerprint density at radius 3 is 2.25 bits per heavy atom. The zero-order chi connectivity index (χ0) is 16.8. The lowest BCUT2D eigenvalue weighted by molar-refractivity contribution is 0.0977. The molecule has 0 fully saturated rings. The van der Waals surface area contributed by atoms with Crippen LogP contribution in [0.2, 0.25) is 0 Å². The van der Waals surface area contributed by atoms with Gasteiger partial charge in [0.2, 0.25) is 0 Å². The van der Waals surface area contributed by atoms with Gasteiger partial charge in [0, 0.05) is 22.9 Å². The average Bonchev–Trinajstić information content (AvgIpc) is 2.65. The van der Waals surface area contributed by atoms with Crippen molar-refractivity contribution in [3.05, 3.63) is 84.3 Å². The number of nitrogens with zero attached hydrogens (tertiary/aromatic N) is 3. The third-order valence-electron chi connectivity index (χ3n) is 3.37. The quantitative estimate of drug-likeness (QED) is 0.658. The summed E-state index contributed by atoms with van der Waals surface area (Å²) in [5, 5.41) is 10.2. The van der Waals surface area contributed by atoms with Crippen molar-refractivity contribution in [2.75, 3.05) is 0 Å². The molecule has 3 rings (SSSR count).